The van der Waals surface area contributed by atoms with E-state index in [2.05, 4.69) is 20.5 Å². The van der Waals surface area contributed by atoms with E-state index in [0.29, 0.717) is 25.4 Å². The fourth-order valence-electron chi connectivity index (χ4n) is 5.95. The fourth-order valence-corrected chi connectivity index (χ4v) is 5.95. The highest BCUT2D eigenvalue weighted by Gasteiger charge is 2.51. The van der Waals surface area contributed by atoms with E-state index in [9.17, 15) is 9.59 Å². The van der Waals surface area contributed by atoms with Crippen LogP contribution in [0.4, 0.5) is 0 Å². The smallest absolute Gasteiger partial charge is 0.243 e. The molecule has 2 aromatic heterocycles. The maximum atomic E-state index is 13.5. The zero-order valence-electron chi connectivity index (χ0n) is 19.1. The summed E-state index contributed by atoms with van der Waals surface area (Å²) < 4.78 is 7.05. The number of nitrogens with zero attached hydrogens (tertiary/aromatic N) is 5. The first-order chi connectivity index (χ1) is 15.4. The summed E-state index contributed by atoms with van der Waals surface area (Å²) in [7, 11) is 1.89. The van der Waals surface area contributed by atoms with Crippen LogP contribution in [0.25, 0.3) is 0 Å². The molecule has 3 saturated heterocycles. The molecule has 0 aromatic carbocycles. The van der Waals surface area contributed by atoms with Crippen molar-refractivity contribution in [2.45, 2.75) is 64.7 Å². The lowest BCUT2D eigenvalue weighted by Gasteiger charge is -2.55. The molecule has 0 saturated carbocycles. The van der Waals surface area contributed by atoms with Gasteiger partial charge in [0, 0.05) is 68.9 Å². The van der Waals surface area contributed by atoms with Crippen LogP contribution in [0.2, 0.25) is 0 Å². The van der Waals surface area contributed by atoms with Crippen LogP contribution in [0, 0.1) is 25.7 Å². The van der Waals surface area contributed by atoms with Gasteiger partial charge >= 0.3 is 0 Å². The van der Waals surface area contributed by atoms with Crippen molar-refractivity contribution < 1.29 is 14.1 Å². The van der Waals surface area contributed by atoms with E-state index in [0.717, 1.165) is 55.1 Å². The Morgan fingerprint density at radius 2 is 2.09 bits per heavy atom. The summed E-state index contributed by atoms with van der Waals surface area (Å²) in [5.41, 5.74) is 2.96. The molecule has 1 N–H and O–H groups in total. The molecule has 3 aliphatic heterocycles. The lowest BCUT2D eigenvalue weighted by Crippen LogP contribution is -2.68. The zero-order valence-corrected chi connectivity index (χ0v) is 19.1. The molecule has 0 radical (unpaired) electrons. The third-order valence-corrected chi connectivity index (χ3v) is 7.54. The molecule has 32 heavy (non-hydrogen) atoms. The molecule has 4 atom stereocenters. The molecular formula is C23H32N6O3. The van der Waals surface area contributed by atoms with Gasteiger partial charge in [-0.3, -0.25) is 19.2 Å². The molecule has 5 heterocycles. The van der Waals surface area contributed by atoms with Crippen LogP contribution in [-0.4, -0.2) is 61.7 Å². The minimum atomic E-state index is -0.414. The average molecular weight is 441 g/mol. The molecule has 3 aliphatic rings. The number of hydrogen-bond donors (Lipinski definition) is 1. The predicted octanol–water partition coefficient (Wildman–Crippen LogP) is 1.54. The van der Waals surface area contributed by atoms with Crippen molar-refractivity contribution in [3.05, 3.63) is 35.0 Å². The fraction of sp³-hybridized carbons (Fsp3) is 0.652. The molecule has 2 aromatic rings. The number of rotatable bonds is 5. The van der Waals surface area contributed by atoms with Gasteiger partial charge in [-0.1, -0.05) is 5.16 Å². The summed E-state index contributed by atoms with van der Waals surface area (Å²) in [4.78, 5) is 30.8. The minimum Gasteiger partial charge on any atom is -0.361 e. The van der Waals surface area contributed by atoms with Gasteiger partial charge in [0.25, 0.3) is 0 Å². The van der Waals surface area contributed by atoms with Crippen molar-refractivity contribution in [2.24, 2.45) is 18.9 Å². The van der Waals surface area contributed by atoms with Crippen molar-refractivity contribution >= 4 is 11.8 Å². The summed E-state index contributed by atoms with van der Waals surface area (Å²) in [6.45, 7) is 6.75. The number of nitrogens with one attached hydrogen (secondary N) is 1. The Bertz CT molecular complexity index is 1010. The number of carbonyl (C=O) groups is 2. The molecule has 2 bridgehead atoms. The molecule has 0 unspecified atom stereocenters. The van der Waals surface area contributed by atoms with Crippen LogP contribution >= 0.6 is 0 Å². The second-order valence-electron chi connectivity index (χ2n) is 9.68. The van der Waals surface area contributed by atoms with Crippen molar-refractivity contribution in [1.29, 1.82) is 0 Å². The summed E-state index contributed by atoms with van der Waals surface area (Å²) in [5, 5.41) is 11.5. The normalized spacial score (nSPS) is 28.0. The summed E-state index contributed by atoms with van der Waals surface area (Å²) in [6, 6.07) is 1.70. The first kappa shape index (κ1) is 21.2. The second-order valence-corrected chi connectivity index (χ2v) is 9.68. The number of aryl methyl sites for hydroxylation is 2. The summed E-state index contributed by atoms with van der Waals surface area (Å²) in [5.74, 6) is 1.42. The monoisotopic (exact) mass is 440 g/mol. The van der Waals surface area contributed by atoms with E-state index in [-0.39, 0.29) is 23.8 Å². The Labute approximate surface area is 188 Å². The quantitative estimate of drug-likeness (QED) is 0.758. The minimum absolute atomic E-state index is 0.0453. The lowest BCUT2D eigenvalue weighted by atomic mass is 9.71. The van der Waals surface area contributed by atoms with Crippen molar-refractivity contribution in [3.63, 3.8) is 0 Å². The van der Waals surface area contributed by atoms with Gasteiger partial charge in [0.2, 0.25) is 11.8 Å². The largest absolute Gasteiger partial charge is 0.361 e. The number of fused-ring (bicyclic) bond motifs is 4. The van der Waals surface area contributed by atoms with Crippen LogP contribution in [0.3, 0.4) is 0 Å². The van der Waals surface area contributed by atoms with Gasteiger partial charge in [-0.05, 0) is 39.0 Å². The summed E-state index contributed by atoms with van der Waals surface area (Å²) >= 11 is 0. The molecule has 0 aliphatic carbocycles. The van der Waals surface area contributed by atoms with Gasteiger partial charge < -0.3 is 14.7 Å². The van der Waals surface area contributed by atoms with Crippen LogP contribution in [0.15, 0.2) is 16.8 Å². The number of carbonyl (C=O) groups excluding carboxylic acids is 2. The highest BCUT2D eigenvalue weighted by Crippen LogP contribution is 2.42. The lowest BCUT2D eigenvalue weighted by molar-refractivity contribution is -0.160. The standard InChI is InChI=1S/C23H32N6O3/c1-14-7-19(26-32-14)13-28-11-16-8-17(12-28)22(29-20(16)5-4-6-21(29)30)23(31)24-9-18-10-25-27(3)15(18)2/h7,10,16-17,20,22H,4-6,8-9,11-13H2,1-3H3,(H,24,31)/t16-,17+,20+,22-/m1/s1. The van der Waals surface area contributed by atoms with E-state index in [1.807, 2.05) is 36.5 Å². The number of aromatic nitrogens is 3. The van der Waals surface area contributed by atoms with Crippen LogP contribution in [-0.2, 0) is 29.7 Å². The molecule has 172 valence electrons. The Balaban J connectivity index is 1.35. The van der Waals surface area contributed by atoms with Crippen LogP contribution in [0.5, 0.6) is 0 Å². The number of likely N-dealkylation sites (tertiary alicyclic amines) is 1. The van der Waals surface area contributed by atoms with Gasteiger partial charge in [0.05, 0.1) is 11.9 Å². The average Bonchev–Trinajstić information content (AvgIpc) is 3.32. The maximum Gasteiger partial charge on any atom is 0.243 e. The van der Waals surface area contributed by atoms with E-state index >= 15 is 0 Å². The number of piperidine rings is 3. The van der Waals surface area contributed by atoms with Crippen LogP contribution < -0.4 is 5.32 Å². The number of amides is 2. The molecule has 0 spiro atoms. The molecule has 3 fully saturated rings. The van der Waals surface area contributed by atoms with E-state index < -0.39 is 6.04 Å². The molecular weight excluding hydrogens is 408 g/mol. The van der Waals surface area contributed by atoms with Gasteiger partial charge in [0.1, 0.15) is 11.8 Å². The molecule has 2 amide bonds. The number of hydrogen-bond acceptors (Lipinski definition) is 6. The molecule has 5 rings (SSSR count). The highest BCUT2D eigenvalue weighted by atomic mass is 16.5. The van der Waals surface area contributed by atoms with Crippen molar-refractivity contribution in [2.75, 3.05) is 13.1 Å². The van der Waals surface area contributed by atoms with Gasteiger partial charge in [-0.15, -0.1) is 0 Å². The zero-order chi connectivity index (χ0) is 22.4. The van der Waals surface area contributed by atoms with E-state index in [1.165, 1.54) is 0 Å². The van der Waals surface area contributed by atoms with E-state index in [4.69, 9.17) is 4.52 Å². The van der Waals surface area contributed by atoms with E-state index in [1.54, 1.807) is 6.20 Å². The maximum absolute atomic E-state index is 13.5. The SMILES string of the molecule is Cc1cc(CN2C[C@H]3C[C@@H](C2)[C@H](C(=O)NCc2cnn(C)c2C)N2C(=O)CCC[C@@H]32)no1. The first-order valence-corrected chi connectivity index (χ1v) is 11.6. The molecule has 9 nitrogen and oxygen atoms in total. The topological polar surface area (TPSA) is 96.5 Å². The van der Waals surface area contributed by atoms with Crippen molar-refractivity contribution in [1.82, 2.24) is 30.1 Å². The first-order valence-electron chi connectivity index (χ1n) is 11.6. The third kappa shape index (κ3) is 3.83. The summed E-state index contributed by atoms with van der Waals surface area (Å²) in [6.07, 6.45) is 5.22. The van der Waals surface area contributed by atoms with Gasteiger partial charge in [-0.2, -0.15) is 5.10 Å². The molecule has 9 heteroatoms. The highest BCUT2D eigenvalue weighted by molar-refractivity contribution is 5.89. The van der Waals surface area contributed by atoms with Gasteiger partial charge in [0.15, 0.2) is 0 Å². The van der Waals surface area contributed by atoms with Crippen LogP contribution in [0.1, 0.15) is 48.4 Å². The van der Waals surface area contributed by atoms with Gasteiger partial charge in [-0.25, -0.2) is 0 Å². The third-order valence-electron chi connectivity index (χ3n) is 7.54. The Hall–Kier alpha value is -2.68. The second kappa shape index (κ2) is 8.35. The predicted molar refractivity (Wildman–Crippen MR) is 116 cm³/mol. The van der Waals surface area contributed by atoms with Crippen molar-refractivity contribution in [3.8, 4) is 0 Å². The Morgan fingerprint density at radius 1 is 1.28 bits per heavy atom. The Kier molecular flexibility index (Phi) is 5.53. The Morgan fingerprint density at radius 3 is 2.81 bits per heavy atom.